The van der Waals surface area contributed by atoms with E-state index in [0.717, 1.165) is 11.3 Å². The zero-order chi connectivity index (χ0) is 21.8. The SMILES string of the molecule is O[C@@H]1CO[C@H]2[C@@H]1OC[C@H]2Oc1nc2c(F)c(-c3ccc(-c4cscn4)cc3)c(F)cc2[nH]1. The molecule has 2 aliphatic rings. The highest BCUT2D eigenvalue weighted by Crippen LogP contribution is 2.34. The smallest absolute Gasteiger partial charge is 0.295 e. The van der Waals surface area contributed by atoms with Crippen molar-refractivity contribution in [1.29, 1.82) is 0 Å². The quantitative estimate of drug-likeness (QED) is 0.487. The van der Waals surface area contributed by atoms with Gasteiger partial charge in [-0.1, -0.05) is 24.3 Å². The predicted molar refractivity (Wildman–Crippen MR) is 112 cm³/mol. The number of nitrogens with one attached hydrogen (secondary N) is 1. The highest BCUT2D eigenvalue weighted by atomic mass is 32.1. The Balaban J connectivity index is 1.31. The highest BCUT2D eigenvalue weighted by Gasteiger charge is 2.48. The second kappa shape index (κ2) is 7.59. The maximum absolute atomic E-state index is 15.3. The fourth-order valence-electron chi connectivity index (χ4n) is 4.23. The lowest BCUT2D eigenvalue weighted by Crippen LogP contribution is -2.34. The average molecular weight is 457 g/mol. The van der Waals surface area contributed by atoms with Crippen LogP contribution in [-0.2, 0) is 9.47 Å². The van der Waals surface area contributed by atoms with Crippen LogP contribution in [0.4, 0.5) is 8.78 Å². The van der Waals surface area contributed by atoms with Crippen LogP contribution in [0.3, 0.4) is 0 Å². The van der Waals surface area contributed by atoms with Crippen LogP contribution in [0.2, 0.25) is 0 Å². The molecule has 0 saturated carbocycles. The lowest BCUT2D eigenvalue weighted by Gasteiger charge is -2.15. The molecule has 10 heteroatoms. The number of rotatable bonds is 4. The van der Waals surface area contributed by atoms with Gasteiger partial charge >= 0.3 is 0 Å². The summed E-state index contributed by atoms with van der Waals surface area (Å²) in [6, 6.07) is 8.10. The Labute approximate surface area is 184 Å². The normalized spacial score (nSPS) is 24.8. The van der Waals surface area contributed by atoms with Crippen LogP contribution in [-0.4, -0.2) is 57.7 Å². The van der Waals surface area contributed by atoms with Gasteiger partial charge in [-0.3, -0.25) is 0 Å². The van der Waals surface area contributed by atoms with Crippen LogP contribution >= 0.6 is 11.3 Å². The van der Waals surface area contributed by atoms with E-state index < -0.39 is 36.1 Å². The molecule has 0 spiro atoms. The summed E-state index contributed by atoms with van der Waals surface area (Å²) in [5.74, 6) is -1.49. The third kappa shape index (κ3) is 3.18. The minimum Gasteiger partial charge on any atom is -0.456 e. The number of aromatic nitrogens is 3. The number of fused-ring (bicyclic) bond motifs is 2. The minimum atomic E-state index is -0.777. The van der Waals surface area contributed by atoms with Gasteiger partial charge in [0.15, 0.2) is 11.9 Å². The first-order valence-corrected chi connectivity index (χ1v) is 11.0. The highest BCUT2D eigenvalue weighted by molar-refractivity contribution is 7.07. The molecule has 0 aliphatic carbocycles. The van der Waals surface area contributed by atoms with Crippen molar-refractivity contribution in [2.45, 2.75) is 24.4 Å². The van der Waals surface area contributed by atoms with Gasteiger partial charge in [-0.2, -0.15) is 4.98 Å². The summed E-state index contributed by atoms with van der Waals surface area (Å²) in [5.41, 5.74) is 3.79. The molecule has 0 unspecified atom stereocenters. The second-order valence-electron chi connectivity index (χ2n) is 7.76. The molecular weight excluding hydrogens is 440 g/mol. The molecule has 2 aromatic heterocycles. The Bertz CT molecular complexity index is 1280. The molecule has 2 saturated heterocycles. The lowest BCUT2D eigenvalue weighted by molar-refractivity contribution is 0.00706. The molecule has 2 N–H and O–H groups in total. The summed E-state index contributed by atoms with van der Waals surface area (Å²) in [7, 11) is 0. The van der Waals surface area contributed by atoms with E-state index in [-0.39, 0.29) is 35.8 Å². The lowest BCUT2D eigenvalue weighted by atomic mass is 10.0. The number of halogens is 2. The van der Waals surface area contributed by atoms with Crippen LogP contribution in [0.1, 0.15) is 0 Å². The van der Waals surface area contributed by atoms with Crippen molar-refractivity contribution in [3.63, 3.8) is 0 Å². The minimum absolute atomic E-state index is 0.0252. The molecule has 164 valence electrons. The number of hydrogen-bond donors (Lipinski definition) is 2. The van der Waals surface area contributed by atoms with Gasteiger partial charge in [0.2, 0.25) is 0 Å². The zero-order valence-corrected chi connectivity index (χ0v) is 17.3. The van der Waals surface area contributed by atoms with Crippen molar-refractivity contribution >= 4 is 22.4 Å². The van der Waals surface area contributed by atoms with E-state index in [0.29, 0.717) is 5.56 Å². The van der Waals surface area contributed by atoms with Crippen molar-refractivity contribution in [3.05, 3.63) is 52.9 Å². The number of ether oxygens (including phenoxy) is 3. The molecule has 6 rings (SSSR count). The molecule has 4 heterocycles. The van der Waals surface area contributed by atoms with Crippen LogP contribution in [0.25, 0.3) is 33.4 Å². The van der Waals surface area contributed by atoms with Crippen molar-refractivity contribution in [2.75, 3.05) is 13.2 Å². The van der Waals surface area contributed by atoms with E-state index in [9.17, 15) is 9.50 Å². The van der Waals surface area contributed by atoms with Crippen LogP contribution in [0.15, 0.2) is 41.2 Å². The summed E-state index contributed by atoms with van der Waals surface area (Å²) in [6.45, 7) is 0.372. The van der Waals surface area contributed by atoms with E-state index in [1.807, 2.05) is 5.38 Å². The Hall–Kier alpha value is -2.92. The Morgan fingerprint density at radius 2 is 1.88 bits per heavy atom. The van der Waals surface area contributed by atoms with E-state index >= 15 is 4.39 Å². The zero-order valence-electron chi connectivity index (χ0n) is 16.5. The summed E-state index contributed by atoms with van der Waals surface area (Å²) in [4.78, 5) is 11.2. The van der Waals surface area contributed by atoms with E-state index in [4.69, 9.17) is 14.2 Å². The molecule has 0 bridgehead atoms. The van der Waals surface area contributed by atoms with Crippen molar-refractivity contribution in [3.8, 4) is 28.4 Å². The molecule has 2 aromatic carbocycles. The van der Waals surface area contributed by atoms with Gasteiger partial charge in [0.25, 0.3) is 6.01 Å². The molecule has 4 aromatic rings. The summed E-state index contributed by atoms with van der Waals surface area (Å²) >= 11 is 1.48. The van der Waals surface area contributed by atoms with Gasteiger partial charge < -0.3 is 24.3 Å². The molecule has 2 aliphatic heterocycles. The Morgan fingerprint density at radius 1 is 1.09 bits per heavy atom. The van der Waals surface area contributed by atoms with Crippen LogP contribution < -0.4 is 4.74 Å². The number of benzene rings is 2. The fraction of sp³-hybridized carbons (Fsp3) is 0.273. The van der Waals surface area contributed by atoms with Gasteiger partial charge in [-0.25, -0.2) is 13.8 Å². The van der Waals surface area contributed by atoms with Gasteiger partial charge in [0.1, 0.15) is 29.6 Å². The van der Waals surface area contributed by atoms with Crippen LogP contribution in [0, 0.1) is 11.6 Å². The second-order valence-corrected chi connectivity index (χ2v) is 8.47. The van der Waals surface area contributed by atoms with E-state index in [1.165, 1.54) is 17.4 Å². The molecule has 2 fully saturated rings. The number of aliphatic hydroxyl groups excluding tert-OH is 1. The van der Waals surface area contributed by atoms with Gasteiger partial charge in [0.05, 0.1) is 35.5 Å². The van der Waals surface area contributed by atoms with Crippen LogP contribution in [0.5, 0.6) is 6.01 Å². The first-order chi connectivity index (χ1) is 15.6. The molecule has 4 atom stereocenters. The average Bonchev–Trinajstić information content (AvgIpc) is 3.56. The number of nitrogens with zero attached hydrogens (tertiary/aromatic N) is 2. The maximum Gasteiger partial charge on any atom is 0.295 e. The fourth-order valence-corrected chi connectivity index (χ4v) is 4.79. The summed E-state index contributed by atoms with van der Waals surface area (Å²) in [6.07, 6.45) is -2.12. The molecule has 7 nitrogen and oxygen atoms in total. The van der Waals surface area contributed by atoms with Crippen molar-refractivity contribution in [2.24, 2.45) is 0 Å². The number of hydrogen-bond acceptors (Lipinski definition) is 7. The predicted octanol–water partition coefficient (Wildman–Crippen LogP) is 3.54. The Kier molecular flexibility index (Phi) is 4.68. The monoisotopic (exact) mass is 457 g/mol. The number of aliphatic hydroxyl groups is 1. The van der Waals surface area contributed by atoms with E-state index in [2.05, 4.69) is 15.0 Å². The first-order valence-electron chi connectivity index (χ1n) is 10.0. The van der Waals surface area contributed by atoms with Gasteiger partial charge in [-0.05, 0) is 5.56 Å². The number of aromatic amines is 1. The van der Waals surface area contributed by atoms with E-state index in [1.54, 1.807) is 29.8 Å². The topological polar surface area (TPSA) is 89.5 Å². The van der Waals surface area contributed by atoms with Gasteiger partial charge in [-0.15, -0.1) is 11.3 Å². The Morgan fingerprint density at radius 3 is 2.66 bits per heavy atom. The number of H-pyrrole nitrogens is 1. The standard InChI is InChI=1S/C22H17F2N3O4S/c23-12-5-13-19(27-22(26-13)31-16-7-30-20-15(28)6-29-21(16)20)18(24)17(12)11-3-1-10(2-4-11)14-8-32-9-25-14/h1-5,8-9,15-16,20-21,28H,6-7H2,(H,26,27)/t15-,16-,20-,21-/m1/s1. The maximum atomic E-state index is 15.3. The molecule has 0 radical (unpaired) electrons. The van der Waals surface area contributed by atoms with Crippen molar-refractivity contribution < 1.29 is 28.1 Å². The molecule has 32 heavy (non-hydrogen) atoms. The van der Waals surface area contributed by atoms with Gasteiger partial charge in [0, 0.05) is 17.0 Å². The molecule has 0 amide bonds. The third-order valence-electron chi connectivity index (χ3n) is 5.79. The first kappa shape index (κ1) is 19.7. The summed E-state index contributed by atoms with van der Waals surface area (Å²) < 4.78 is 47.0. The molecular formula is C22H17F2N3O4S. The third-order valence-corrected chi connectivity index (χ3v) is 6.38. The summed E-state index contributed by atoms with van der Waals surface area (Å²) in [5, 5.41) is 11.8. The largest absolute Gasteiger partial charge is 0.456 e. The number of thiazole rings is 1. The number of imidazole rings is 1. The van der Waals surface area contributed by atoms with Crippen molar-refractivity contribution in [1.82, 2.24) is 15.0 Å².